The second kappa shape index (κ2) is 10.9. The van der Waals surface area contributed by atoms with Gasteiger partial charge in [0.25, 0.3) is 5.91 Å². The Labute approximate surface area is 203 Å². The first kappa shape index (κ1) is 24.8. The molecule has 1 atom stereocenters. The number of nitrogens with zero attached hydrogens (tertiary/aromatic N) is 3. The maximum absolute atomic E-state index is 12.8. The largest absolute Gasteiger partial charge is 0.342 e. The van der Waals surface area contributed by atoms with Crippen LogP contribution in [-0.4, -0.2) is 32.3 Å². The van der Waals surface area contributed by atoms with Crippen LogP contribution in [0.1, 0.15) is 47.2 Å². The lowest BCUT2D eigenvalue weighted by Crippen LogP contribution is -2.33. The normalized spacial score (nSPS) is 12.0. The third-order valence-electron chi connectivity index (χ3n) is 5.18. The lowest BCUT2D eigenvalue weighted by atomic mass is 10.0. The highest BCUT2D eigenvalue weighted by molar-refractivity contribution is 7.99. The monoisotopic (exact) mass is 485 g/mol. The molecule has 0 aliphatic heterocycles. The highest BCUT2D eigenvalue weighted by Gasteiger charge is 2.25. The van der Waals surface area contributed by atoms with Gasteiger partial charge in [-0.15, -0.1) is 10.2 Å². The fourth-order valence-corrected chi connectivity index (χ4v) is 4.29. The van der Waals surface area contributed by atoms with Crippen LogP contribution in [0, 0.1) is 19.8 Å². The first-order chi connectivity index (χ1) is 15.7. The smallest absolute Gasteiger partial charge is 0.251 e. The Morgan fingerprint density at radius 1 is 1.12 bits per heavy atom. The van der Waals surface area contributed by atoms with E-state index in [1.165, 1.54) is 11.8 Å². The Morgan fingerprint density at radius 3 is 2.55 bits per heavy atom. The molecular formula is C24H28ClN5O2S. The number of hydrogen-bond donors (Lipinski definition) is 2. The van der Waals surface area contributed by atoms with Crippen LogP contribution in [0.3, 0.4) is 0 Å². The molecule has 0 spiro atoms. The van der Waals surface area contributed by atoms with Crippen molar-refractivity contribution in [1.29, 1.82) is 0 Å². The van der Waals surface area contributed by atoms with Crippen molar-refractivity contribution in [2.75, 3.05) is 11.1 Å². The number of benzene rings is 2. The van der Waals surface area contributed by atoms with Gasteiger partial charge in [-0.1, -0.05) is 54.9 Å². The lowest BCUT2D eigenvalue weighted by molar-refractivity contribution is -0.113. The van der Waals surface area contributed by atoms with Crippen molar-refractivity contribution in [2.24, 2.45) is 13.0 Å². The van der Waals surface area contributed by atoms with Crippen LogP contribution < -0.4 is 10.6 Å². The minimum atomic E-state index is -0.324. The molecule has 1 heterocycles. The number of rotatable bonds is 8. The Hall–Kier alpha value is -2.84. The van der Waals surface area contributed by atoms with Crippen molar-refractivity contribution in [3.05, 3.63) is 70.0 Å². The van der Waals surface area contributed by atoms with Gasteiger partial charge in [0.05, 0.1) is 11.8 Å². The zero-order valence-corrected chi connectivity index (χ0v) is 20.9. The number of thioether (sulfide) groups is 1. The molecule has 2 N–H and O–H groups in total. The fraction of sp³-hybridized carbons (Fsp3) is 0.333. The molecule has 2 amide bonds. The average Bonchev–Trinajstić information content (AvgIpc) is 3.12. The van der Waals surface area contributed by atoms with Gasteiger partial charge in [-0.2, -0.15) is 0 Å². The summed E-state index contributed by atoms with van der Waals surface area (Å²) in [6.45, 7) is 7.88. The molecule has 2 aromatic carbocycles. The summed E-state index contributed by atoms with van der Waals surface area (Å²) in [5.41, 5.74) is 3.24. The number of amides is 2. The van der Waals surface area contributed by atoms with E-state index in [0.29, 0.717) is 21.6 Å². The second-order valence-corrected chi connectivity index (χ2v) is 9.64. The predicted octanol–water partition coefficient (Wildman–Crippen LogP) is 4.94. The van der Waals surface area contributed by atoms with Crippen molar-refractivity contribution in [2.45, 2.75) is 38.9 Å². The van der Waals surface area contributed by atoms with Crippen molar-refractivity contribution >= 4 is 40.9 Å². The minimum Gasteiger partial charge on any atom is -0.342 e. The zero-order valence-electron chi connectivity index (χ0n) is 19.3. The lowest BCUT2D eigenvalue weighted by Gasteiger charge is -2.21. The summed E-state index contributed by atoms with van der Waals surface area (Å²) in [5, 5.41) is 15.8. The van der Waals surface area contributed by atoms with E-state index in [1.807, 2.05) is 57.5 Å². The van der Waals surface area contributed by atoms with Crippen molar-refractivity contribution in [3.63, 3.8) is 0 Å². The third-order valence-corrected chi connectivity index (χ3v) is 6.43. The van der Waals surface area contributed by atoms with Crippen molar-refractivity contribution in [1.82, 2.24) is 20.1 Å². The van der Waals surface area contributed by atoms with Crippen LogP contribution in [0.15, 0.2) is 47.6 Å². The molecule has 174 valence electrons. The molecule has 0 bridgehead atoms. The van der Waals surface area contributed by atoms with E-state index < -0.39 is 0 Å². The van der Waals surface area contributed by atoms with Gasteiger partial charge in [0, 0.05) is 23.3 Å². The number of aromatic nitrogens is 3. The van der Waals surface area contributed by atoms with Crippen LogP contribution in [0.4, 0.5) is 5.69 Å². The number of carbonyl (C=O) groups excluding carboxylic acids is 2. The highest BCUT2D eigenvalue weighted by atomic mass is 35.5. The van der Waals surface area contributed by atoms with Crippen LogP contribution in [-0.2, 0) is 11.8 Å². The van der Waals surface area contributed by atoms with E-state index in [9.17, 15) is 9.59 Å². The molecule has 0 aliphatic rings. The molecule has 3 aromatic rings. The summed E-state index contributed by atoms with van der Waals surface area (Å²) in [5.74, 6) is 0.601. The van der Waals surface area contributed by atoms with E-state index in [0.717, 1.165) is 16.8 Å². The molecule has 0 unspecified atom stereocenters. The van der Waals surface area contributed by atoms with Crippen molar-refractivity contribution < 1.29 is 9.59 Å². The van der Waals surface area contributed by atoms with E-state index >= 15 is 0 Å². The molecule has 0 fully saturated rings. The quantitative estimate of drug-likeness (QED) is 0.441. The van der Waals surface area contributed by atoms with Gasteiger partial charge in [-0.05, 0) is 55.7 Å². The van der Waals surface area contributed by atoms with Crippen LogP contribution >= 0.6 is 23.4 Å². The molecule has 0 aliphatic carbocycles. The van der Waals surface area contributed by atoms with Crippen LogP contribution in [0.5, 0.6) is 0 Å². The molecule has 7 nitrogen and oxygen atoms in total. The zero-order chi connectivity index (χ0) is 24.1. The summed E-state index contributed by atoms with van der Waals surface area (Å²) in [6.07, 6.45) is 0. The summed E-state index contributed by atoms with van der Waals surface area (Å²) < 4.78 is 1.83. The topological polar surface area (TPSA) is 88.9 Å². The van der Waals surface area contributed by atoms with Gasteiger partial charge in [-0.3, -0.25) is 9.59 Å². The summed E-state index contributed by atoms with van der Waals surface area (Å²) in [7, 11) is 1.84. The second-order valence-electron chi connectivity index (χ2n) is 8.26. The Balaban J connectivity index is 1.67. The van der Waals surface area contributed by atoms with Gasteiger partial charge < -0.3 is 15.2 Å². The molecule has 0 saturated carbocycles. The van der Waals surface area contributed by atoms with Crippen LogP contribution in [0.2, 0.25) is 5.02 Å². The number of carbonyl (C=O) groups is 2. The average molecular weight is 486 g/mol. The predicted molar refractivity (Wildman–Crippen MR) is 133 cm³/mol. The minimum absolute atomic E-state index is 0.0932. The molecular weight excluding hydrogens is 458 g/mol. The Morgan fingerprint density at radius 2 is 1.88 bits per heavy atom. The number of aryl methyl sites for hydroxylation is 2. The van der Waals surface area contributed by atoms with E-state index in [2.05, 4.69) is 20.8 Å². The maximum atomic E-state index is 12.8. The van der Waals surface area contributed by atoms with E-state index in [-0.39, 0.29) is 29.5 Å². The number of hydrogen-bond acceptors (Lipinski definition) is 5. The summed E-state index contributed by atoms with van der Waals surface area (Å²) in [6, 6.07) is 12.5. The van der Waals surface area contributed by atoms with Gasteiger partial charge >= 0.3 is 0 Å². The standard InChI is InChI=1S/C24H28ClN5O2S/c1-14(2)21(27-23(32)17-8-6-7-15(3)11-17)22-28-29-24(30(22)5)33-13-20(31)26-19-10-9-18(25)12-16(19)4/h6-12,14,21H,13H2,1-5H3,(H,26,31)(H,27,32)/t21-/m1/s1. The highest BCUT2D eigenvalue weighted by Crippen LogP contribution is 2.25. The van der Waals surface area contributed by atoms with Crippen molar-refractivity contribution in [3.8, 4) is 0 Å². The molecule has 9 heteroatoms. The van der Waals surface area contributed by atoms with Gasteiger partial charge in [-0.25, -0.2) is 0 Å². The molecule has 1 aromatic heterocycles. The maximum Gasteiger partial charge on any atom is 0.251 e. The molecule has 0 radical (unpaired) electrons. The van der Waals surface area contributed by atoms with Gasteiger partial charge in [0.2, 0.25) is 5.91 Å². The number of halogens is 1. The van der Waals surface area contributed by atoms with Crippen LogP contribution in [0.25, 0.3) is 0 Å². The third kappa shape index (κ3) is 6.36. The SMILES string of the molecule is Cc1cccc(C(=O)N[C@@H](c2nnc(SCC(=O)Nc3ccc(Cl)cc3C)n2C)C(C)C)c1. The summed E-state index contributed by atoms with van der Waals surface area (Å²) >= 11 is 7.26. The Bertz CT molecular complexity index is 1160. The molecule has 33 heavy (non-hydrogen) atoms. The molecule has 0 saturated heterocycles. The van der Waals surface area contributed by atoms with Gasteiger partial charge in [0.1, 0.15) is 0 Å². The first-order valence-corrected chi connectivity index (χ1v) is 12.0. The number of anilines is 1. The Kier molecular flexibility index (Phi) is 8.15. The first-order valence-electron chi connectivity index (χ1n) is 10.6. The van der Waals surface area contributed by atoms with Gasteiger partial charge in [0.15, 0.2) is 11.0 Å². The van der Waals surface area contributed by atoms with E-state index in [1.54, 1.807) is 24.3 Å². The summed E-state index contributed by atoms with van der Waals surface area (Å²) in [4.78, 5) is 25.2. The molecule has 3 rings (SSSR count). The number of nitrogens with one attached hydrogen (secondary N) is 2. The fourth-order valence-electron chi connectivity index (χ4n) is 3.35. The van der Waals surface area contributed by atoms with E-state index in [4.69, 9.17) is 11.6 Å².